The lowest BCUT2D eigenvalue weighted by atomic mass is 10.0. The first-order chi connectivity index (χ1) is 9.19. The van der Waals surface area contributed by atoms with Crippen molar-refractivity contribution in [1.82, 2.24) is 30.6 Å². The minimum absolute atomic E-state index is 0.355. The van der Waals surface area contributed by atoms with Crippen LogP contribution in [0.5, 0.6) is 0 Å². The van der Waals surface area contributed by atoms with Crippen molar-refractivity contribution in [2.24, 2.45) is 5.92 Å². The van der Waals surface area contributed by atoms with E-state index in [0.29, 0.717) is 29.5 Å². The average Bonchev–Trinajstić information content (AvgIpc) is 2.97. The van der Waals surface area contributed by atoms with Crippen molar-refractivity contribution >= 4 is 0 Å². The summed E-state index contributed by atoms with van der Waals surface area (Å²) in [5.41, 5.74) is 0. The number of rotatable bonds is 7. The third-order valence-corrected chi connectivity index (χ3v) is 2.76. The van der Waals surface area contributed by atoms with Gasteiger partial charge >= 0.3 is 0 Å². The highest BCUT2D eigenvalue weighted by Gasteiger charge is 2.16. The van der Waals surface area contributed by atoms with E-state index < -0.39 is 0 Å². The van der Waals surface area contributed by atoms with Crippen LogP contribution in [0, 0.1) is 5.92 Å². The van der Waals surface area contributed by atoms with E-state index in [1.54, 1.807) is 0 Å². The molecule has 2 aromatic heterocycles. The molecule has 0 bridgehead atoms. The first-order valence-corrected chi connectivity index (χ1v) is 6.60. The first kappa shape index (κ1) is 13.7. The highest BCUT2D eigenvalue weighted by molar-refractivity contribution is 5.39. The van der Waals surface area contributed by atoms with Crippen molar-refractivity contribution in [3.05, 3.63) is 12.2 Å². The van der Waals surface area contributed by atoms with E-state index >= 15 is 0 Å². The van der Waals surface area contributed by atoms with Crippen LogP contribution in [-0.2, 0) is 6.42 Å². The minimum atomic E-state index is 0.355. The lowest BCUT2D eigenvalue weighted by Gasteiger charge is -2.17. The molecule has 0 amide bonds. The maximum Gasteiger partial charge on any atom is 0.239 e. The van der Waals surface area contributed by atoms with Gasteiger partial charge in [-0.25, -0.2) is 4.98 Å². The molecule has 2 N–H and O–H groups in total. The van der Waals surface area contributed by atoms with E-state index in [-0.39, 0.29) is 0 Å². The molecule has 104 valence electrons. The summed E-state index contributed by atoms with van der Waals surface area (Å²) in [5, 5.41) is 13.8. The molecule has 1 atom stereocenters. The molecule has 0 aliphatic rings. The predicted octanol–water partition coefficient (Wildman–Crippen LogP) is 1.42. The quantitative estimate of drug-likeness (QED) is 0.785. The van der Waals surface area contributed by atoms with Crippen LogP contribution < -0.4 is 5.32 Å². The van der Waals surface area contributed by atoms with Crippen molar-refractivity contribution in [2.75, 3.05) is 6.54 Å². The van der Waals surface area contributed by atoms with E-state index in [4.69, 9.17) is 4.52 Å². The third kappa shape index (κ3) is 3.85. The molecule has 0 fully saturated rings. The summed E-state index contributed by atoms with van der Waals surface area (Å²) in [7, 11) is 0. The number of aromatic nitrogens is 5. The van der Waals surface area contributed by atoms with Crippen LogP contribution >= 0.6 is 0 Å². The van der Waals surface area contributed by atoms with Gasteiger partial charge in [-0.2, -0.15) is 10.1 Å². The predicted molar refractivity (Wildman–Crippen MR) is 70.3 cm³/mol. The molecule has 7 nitrogen and oxygen atoms in total. The monoisotopic (exact) mass is 264 g/mol. The summed E-state index contributed by atoms with van der Waals surface area (Å²) < 4.78 is 5.26. The molecule has 0 aliphatic carbocycles. The molecule has 0 aromatic carbocycles. The maximum absolute atomic E-state index is 5.26. The second-order valence-electron chi connectivity index (χ2n) is 4.93. The fourth-order valence-corrected chi connectivity index (χ4v) is 2.05. The fraction of sp³-hybridized carbons (Fsp3) is 0.667. The number of hydrogen-bond donors (Lipinski definition) is 2. The van der Waals surface area contributed by atoms with Crippen LogP contribution in [0.1, 0.15) is 33.1 Å². The van der Waals surface area contributed by atoms with Gasteiger partial charge in [-0.05, 0) is 18.9 Å². The second kappa shape index (κ2) is 6.42. The van der Waals surface area contributed by atoms with Crippen LogP contribution in [0.3, 0.4) is 0 Å². The summed E-state index contributed by atoms with van der Waals surface area (Å²) >= 11 is 0. The Morgan fingerprint density at radius 2 is 2.26 bits per heavy atom. The van der Waals surface area contributed by atoms with Gasteiger partial charge in [-0.1, -0.05) is 25.9 Å². The second-order valence-corrected chi connectivity index (χ2v) is 4.93. The van der Waals surface area contributed by atoms with E-state index in [1.165, 1.54) is 6.33 Å². The summed E-state index contributed by atoms with van der Waals surface area (Å²) in [6.45, 7) is 7.44. The maximum atomic E-state index is 5.26. The zero-order chi connectivity index (χ0) is 13.7. The van der Waals surface area contributed by atoms with Gasteiger partial charge in [-0.15, -0.1) is 0 Å². The molecular weight excluding hydrogens is 244 g/mol. The molecule has 0 spiro atoms. The third-order valence-electron chi connectivity index (χ3n) is 2.76. The van der Waals surface area contributed by atoms with E-state index in [9.17, 15) is 0 Å². The molecule has 19 heavy (non-hydrogen) atoms. The molecule has 0 saturated heterocycles. The van der Waals surface area contributed by atoms with Crippen molar-refractivity contribution in [1.29, 1.82) is 0 Å². The average molecular weight is 264 g/mol. The Balaban J connectivity index is 2.01. The van der Waals surface area contributed by atoms with E-state index in [2.05, 4.69) is 51.4 Å². The molecule has 1 unspecified atom stereocenters. The van der Waals surface area contributed by atoms with Gasteiger partial charge in [0, 0.05) is 12.5 Å². The number of hydrogen-bond acceptors (Lipinski definition) is 6. The SMILES string of the molecule is CCNC(Cc1nc(-c2ncn[nH]2)no1)CC(C)C. The van der Waals surface area contributed by atoms with Gasteiger partial charge in [0.2, 0.25) is 11.7 Å². The van der Waals surface area contributed by atoms with Gasteiger partial charge in [0.05, 0.1) is 0 Å². The van der Waals surface area contributed by atoms with Crippen LogP contribution in [-0.4, -0.2) is 37.9 Å². The number of nitrogens with one attached hydrogen (secondary N) is 2. The molecule has 0 aliphatic heterocycles. The van der Waals surface area contributed by atoms with Crippen molar-refractivity contribution in [3.8, 4) is 11.6 Å². The normalized spacial score (nSPS) is 13.1. The summed E-state index contributed by atoms with van der Waals surface area (Å²) in [5.74, 6) is 2.23. The Morgan fingerprint density at radius 1 is 1.42 bits per heavy atom. The first-order valence-electron chi connectivity index (χ1n) is 6.60. The Morgan fingerprint density at radius 3 is 2.89 bits per heavy atom. The van der Waals surface area contributed by atoms with Gasteiger partial charge in [0.25, 0.3) is 0 Å². The van der Waals surface area contributed by atoms with Gasteiger partial charge in [0.1, 0.15) is 6.33 Å². The highest BCUT2D eigenvalue weighted by Crippen LogP contribution is 2.13. The molecule has 0 saturated carbocycles. The number of aromatic amines is 1. The standard InChI is InChI=1S/C12H20N6O/c1-4-13-9(5-8(2)3)6-10-16-12(18-19-10)11-14-7-15-17-11/h7-9,13H,4-6H2,1-3H3,(H,14,15,17). The Bertz CT molecular complexity index is 478. The smallest absolute Gasteiger partial charge is 0.239 e. The topological polar surface area (TPSA) is 92.5 Å². The Labute approximate surface area is 112 Å². The highest BCUT2D eigenvalue weighted by atomic mass is 16.5. The molecule has 2 aromatic rings. The zero-order valence-electron chi connectivity index (χ0n) is 11.6. The Hall–Kier alpha value is -1.76. The molecule has 0 radical (unpaired) electrons. The number of nitrogens with zero attached hydrogens (tertiary/aromatic N) is 4. The zero-order valence-corrected chi connectivity index (χ0v) is 11.6. The van der Waals surface area contributed by atoms with E-state index in [0.717, 1.165) is 19.4 Å². The summed E-state index contributed by atoms with van der Waals surface area (Å²) in [6, 6.07) is 0.355. The fourth-order valence-electron chi connectivity index (χ4n) is 2.05. The number of H-pyrrole nitrogens is 1. The van der Waals surface area contributed by atoms with Gasteiger partial charge < -0.3 is 9.84 Å². The minimum Gasteiger partial charge on any atom is -0.339 e. The van der Waals surface area contributed by atoms with Crippen molar-refractivity contribution in [3.63, 3.8) is 0 Å². The molecule has 2 heterocycles. The van der Waals surface area contributed by atoms with Crippen LogP contribution in [0.25, 0.3) is 11.6 Å². The lowest BCUT2D eigenvalue weighted by molar-refractivity contribution is 0.340. The lowest BCUT2D eigenvalue weighted by Crippen LogP contribution is -2.32. The summed E-state index contributed by atoms with van der Waals surface area (Å²) in [6.07, 6.45) is 3.23. The van der Waals surface area contributed by atoms with Crippen LogP contribution in [0.4, 0.5) is 0 Å². The van der Waals surface area contributed by atoms with Crippen molar-refractivity contribution < 1.29 is 4.52 Å². The van der Waals surface area contributed by atoms with E-state index in [1.807, 2.05) is 0 Å². The molecular formula is C12H20N6O. The van der Waals surface area contributed by atoms with Crippen molar-refractivity contribution in [2.45, 2.75) is 39.7 Å². The molecule has 7 heteroatoms. The summed E-state index contributed by atoms with van der Waals surface area (Å²) in [4.78, 5) is 8.33. The molecule has 2 rings (SSSR count). The van der Waals surface area contributed by atoms with Crippen LogP contribution in [0.15, 0.2) is 10.9 Å². The number of likely N-dealkylation sites (N-methyl/N-ethyl adjacent to an activating group) is 1. The largest absolute Gasteiger partial charge is 0.339 e. The van der Waals surface area contributed by atoms with Gasteiger partial charge in [0.15, 0.2) is 5.82 Å². The van der Waals surface area contributed by atoms with Gasteiger partial charge in [-0.3, -0.25) is 5.10 Å². The Kier molecular flexibility index (Phi) is 4.62. The van der Waals surface area contributed by atoms with Crippen LogP contribution in [0.2, 0.25) is 0 Å².